The summed E-state index contributed by atoms with van der Waals surface area (Å²) in [7, 11) is 0. The van der Waals surface area contributed by atoms with E-state index in [1.54, 1.807) is 12.1 Å². The van der Waals surface area contributed by atoms with Crippen LogP contribution in [0, 0.1) is 0 Å². The summed E-state index contributed by atoms with van der Waals surface area (Å²) in [6.07, 6.45) is 0. The molecule has 3 rings (SSSR count). The number of tetrazole rings is 1. The molecule has 1 heterocycles. The van der Waals surface area contributed by atoms with Crippen LogP contribution in [0.2, 0.25) is 0 Å². The second kappa shape index (κ2) is 6.62. The van der Waals surface area contributed by atoms with Crippen LogP contribution in [0.4, 0.5) is 0 Å². The van der Waals surface area contributed by atoms with E-state index in [1.807, 2.05) is 24.3 Å². The van der Waals surface area contributed by atoms with E-state index < -0.39 is 0 Å². The van der Waals surface area contributed by atoms with E-state index in [1.165, 1.54) is 22.5 Å². The van der Waals surface area contributed by atoms with Gasteiger partial charge in [-0.15, -0.1) is 10.2 Å². The molecule has 24 heavy (non-hydrogen) atoms. The van der Waals surface area contributed by atoms with E-state index in [4.69, 9.17) is 0 Å². The summed E-state index contributed by atoms with van der Waals surface area (Å²) < 4.78 is 0. The number of hydrogen-bond donors (Lipinski definition) is 1. The number of benzene rings is 2. The summed E-state index contributed by atoms with van der Waals surface area (Å²) in [6.45, 7) is 4.28. The summed E-state index contributed by atoms with van der Waals surface area (Å²) in [5, 5.41) is 21.5. The molecular formula is C18H18N4O2. The number of phenols is 1. The number of phenolic OH excluding ortho intramolecular Hbond substituents is 1. The van der Waals surface area contributed by atoms with E-state index in [2.05, 4.69) is 29.3 Å². The molecule has 0 amide bonds. The van der Waals surface area contributed by atoms with Crippen molar-refractivity contribution in [2.75, 3.05) is 0 Å². The van der Waals surface area contributed by atoms with Gasteiger partial charge in [0.25, 0.3) is 0 Å². The standard InChI is InChI=1S/C18H18N4O2/c1-12(2)13-3-5-15(6-4-13)18-19-21-22(20-18)11-17(24)14-7-9-16(23)10-8-14/h3-10,12,23H,11H2,1-2H3. The molecule has 122 valence electrons. The molecule has 0 fully saturated rings. The van der Waals surface area contributed by atoms with Gasteiger partial charge < -0.3 is 5.11 Å². The largest absolute Gasteiger partial charge is 0.508 e. The Morgan fingerprint density at radius 3 is 2.38 bits per heavy atom. The van der Waals surface area contributed by atoms with Gasteiger partial charge in [-0.05, 0) is 41.0 Å². The van der Waals surface area contributed by atoms with Crippen molar-refractivity contribution >= 4 is 5.78 Å². The number of carbonyl (C=O) groups is 1. The highest BCUT2D eigenvalue weighted by molar-refractivity contribution is 5.95. The molecule has 0 spiro atoms. The molecule has 1 aromatic heterocycles. The molecular weight excluding hydrogens is 304 g/mol. The normalized spacial score (nSPS) is 11.0. The van der Waals surface area contributed by atoms with Gasteiger partial charge in [0.1, 0.15) is 12.3 Å². The van der Waals surface area contributed by atoms with Crippen molar-refractivity contribution in [3.63, 3.8) is 0 Å². The molecule has 0 atom stereocenters. The maximum absolute atomic E-state index is 12.2. The molecule has 0 radical (unpaired) electrons. The van der Waals surface area contributed by atoms with Gasteiger partial charge in [0, 0.05) is 11.1 Å². The van der Waals surface area contributed by atoms with Crippen LogP contribution < -0.4 is 0 Å². The Morgan fingerprint density at radius 2 is 1.75 bits per heavy atom. The summed E-state index contributed by atoms with van der Waals surface area (Å²) in [5.74, 6) is 0.932. The second-order valence-corrected chi connectivity index (χ2v) is 5.89. The molecule has 6 heteroatoms. The van der Waals surface area contributed by atoms with E-state index >= 15 is 0 Å². The Bertz CT molecular complexity index is 836. The van der Waals surface area contributed by atoms with E-state index in [0.29, 0.717) is 17.3 Å². The van der Waals surface area contributed by atoms with E-state index in [9.17, 15) is 9.90 Å². The Morgan fingerprint density at radius 1 is 1.08 bits per heavy atom. The SMILES string of the molecule is CC(C)c1ccc(-c2nnn(CC(=O)c3ccc(O)cc3)n2)cc1. The number of Topliss-reactive ketones (excluding diaryl/α,β-unsaturated/α-hetero) is 1. The van der Waals surface area contributed by atoms with Crippen LogP contribution in [0.1, 0.15) is 35.7 Å². The molecule has 6 nitrogen and oxygen atoms in total. The van der Waals surface area contributed by atoms with Gasteiger partial charge in [0.15, 0.2) is 5.78 Å². The van der Waals surface area contributed by atoms with Crippen molar-refractivity contribution in [2.45, 2.75) is 26.3 Å². The van der Waals surface area contributed by atoms with Gasteiger partial charge >= 0.3 is 0 Å². The van der Waals surface area contributed by atoms with Crippen LogP contribution in [-0.4, -0.2) is 31.1 Å². The molecule has 1 N–H and O–H groups in total. The van der Waals surface area contributed by atoms with Gasteiger partial charge in [-0.3, -0.25) is 4.79 Å². The van der Waals surface area contributed by atoms with Crippen molar-refractivity contribution in [2.24, 2.45) is 0 Å². The van der Waals surface area contributed by atoms with Crippen LogP contribution in [0.3, 0.4) is 0 Å². The number of ketones is 1. The monoisotopic (exact) mass is 322 g/mol. The summed E-state index contributed by atoms with van der Waals surface area (Å²) in [5.41, 5.74) is 2.60. The maximum Gasteiger partial charge on any atom is 0.204 e. The van der Waals surface area contributed by atoms with Crippen LogP contribution in [0.25, 0.3) is 11.4 Å². The van der Waals surface area contributed by atoms with Gasteiger partial charge in [-0.2, -0.15) is 4.80 Å². The molecule has 0 aliphatic carbocycles. The number of aromatic hydroxyl groups is 1. The first-order valence-electron chi connectivity index (χ1n) is 7.73. The lowest BCUT2D eigenvalue weighted by atomic mass is 10.0. The lowest BCUT2D eigenvalue weighted by Crippen LogP contribution is -2.13. The Balaban J connectivity index is 1.73. The quantitative estimate of drug-likeness (QED) is 0.730. The fourth-order valence-electron chi connectivity index (χ4n) is 2.31. The lowest BCUT2D eigenvalue weighted by Gasteiger charge is -2.04. The molecule has 0 bridgehead atoms. The Labute approximate surface area is 139 Å². The van der Waals surface area contributed by atoms with Crippen molar-refractivity contribution < 1.29 is 9.90 Å². The topological polar surface area (TPSA) is 80.9 Å². The third-order valence-corrected chi connectivity index (χ3v) is 3.76. The van der Waals surface area contributed by atoms with Crippen molar-refractivity contribution in [1.29, 1.82) is 0 Å². The van der Waals surface area contributed by atoms with Gasteiger partial charge in [-0.25, -0.2) is 0 Å². The van der Waals surface area contributed by atoms with Gasteiger partial charge in [0.05, 0.1) is 0 Å². The zero-order valence-corrected chi connectivity index (χ0v) is 13.5. The fraction of sp³-hybridized carbons (Fsp3) is 0.222. The smallest absolute Gasteiger partial charge is 0.204 e. The average molecular weight is 322 g/mol. The minimum Gasteiger partial charge on any atom is -0.508 e. The Kier molecular flexibility index (Phi) is 4.37. The molecule has 2 aromatic carbocycles. The van der Waals surface area contributed by atoms with Crippen LogP contribution in [0.5, 0.6) is 5.75 Å². The van der Waals surface area contributed by atoms with E-state index in [-0.39, 0.29) is 18.1 Å². The number of aromatic nitrogens is 4. The highest BCUT2D eigenvalue weighted by Crippen LogP contribution is 2.19. The highest BCUT2D eigenvalue weighted by atomic mass is 16.3. The summed E-state index contributed by atoms with van der Waals surface area (Å²) in [4.78, 5) is 13.5. The molecule has 0 aliphatic heterocycles. The van der Waals surface area contributed by atoms with Crippen molar-refractivity contribution in [1.82, 2.24) is 20.2 Å². The number of carbonyl (C=O) groups excluding carboxylic acids is 1. The number of rotatable bonds is 5. The zero-order valence-electron chi connectivity index (χ0n) is 13.5. The number of nitrogens with zero attached hydrogens (tertiary/aromatic N) is 4. The molecule has 0 aliphatic rings. The third kappa shape index (κ3) is 3.48. The third-order valence-electron chi connectivity index (χ3n) is 3.76. The van der Waals surface area contributed by atoms with Crippen molar-refractivity contribution in [3.8, 4) is 17.1 Å². The zero-order chi connectivity index (χ0) is 17.1. The predicted octanol–water partition coefficient (Wildman–Crippen LogP) is 3.05. The minimum absolute atomic E-state index is 0.00184. The van der Waals surface area contributed by atoms with Crippen LogP contribution in [0.15, 0.2) is 48.5 Å². The summed E-state index contributed by atoms with van der Waals surface area (Å²) >= 11 is 0. The molecule has 0 saturated heterocycles. The fourth-order valence-corrected chi connectivity index (χ4v) is 2.31. The predicted molar refractivity (Wildman–Crippen MR) is 89.8 cm³/mol. The molecule has 0 saturated carbocycles. The lowest BCUT2D eigenvalue weighted by molar-refractivity contribution is 0.0961. The van der Waals surface area contributed by atoms with Crippen LogP contribution in [-0.2, 0) is 6.54 Å². The van der Waals surface area contributed by atoms with E-state index in [0.717, 1.165) is 5.56 Å². The first-order valence-corrected chi connectivity index (χ1v) is 7.73. The van der Waals surface area contributed by atoms with Gasteiger partial charge in [-0.1, -0.05) is 38.1 Å². The number of hydrogen-bond acceptors (Lipinski definition) is 5. The van der Waals surface area contributed by atoms with Crippen LogP contribution >= 0.6 is 0 Å². The first kappa shape index (κ1) is 15.9. The average Bonchev–Trinajstić information content (AvgIpc) is 3.04. The summed E-state index contributed by atoms with van der Waals surface area (Å²) in [6, 6.07) is 14.1. The highest BCUT2D eigenvalue weighted by Gasteiger charge is 2.11. The molecule has 3 aromatic rings. The maximum atomic E-state index is 12.2. The first-order chi connectivity index (χ1) is 11.5. The molecule has 0 unspecified atom stereocenters. The Hall–Kier alpha value is -3.02. The second-order valence-electron chi connectivity index (χ2n) is 5.89. The minimum atomic E-state index is -0.144. The van der Waals surface area contributed by atoms with Gasteiger partial charge in [0.2, 0.25) is 5.82 Å². The van der Waals surface area contributed by atoms with Crippen molar-refractivity contribution in [3.05, 3.63) is 59.7 Å².